The molecule has 3 aromatic carbocycles. The summed E-state index contributed by atoms with van der Waals surface area (Å²) in [6.45, 7) is 0.631. The monoisotopic (exact) mass is 506 g/mol. The van der Waals surface area contributed by atoms with Gasteiger partial charge in [0.05, 0.1) is 17.0 Å². The maximum atomic E-state index is 13.2. The van der Waals surface area contributed by atoms with Gasteiger partial charge in [-0.25, -0.2) is 13.1 Å². The third-order valence-electron chi connectivity index (χ3n) is 5.26. The molecule has 0 radical (unpaired) electrons. The Kier molecular flexibility index (Phi) is 6.99. The number of hydrogen-bond acceptors (Lipinski definition) is 5. The Morgan fingerprint density at radius 2 is 1.66 bits per heavy atom. The minimum atomic E-state index is -4.78. The van der Waals surface area contributed by atoms with Gasteiger partial charge in [-0.3, -0.25) is 4.79 Å². The van der Waals surface area contributed by atoms with Gasteiger partial charge in [0.15, 0.2) is 0 Å². The van der Waals surface area contributed by atoms with Crippen LogP contribution in [0.1, 0.15) is 10.4 Å². The number of alkyl halides is 3. The normalized spacial score (nSPS) is 14.1. The molecule has 1 amide bonds. The Hall–Kier alpha value is -3.57. The summed E-state index contributed by atoms with van der Waals surface area (Å²) in [5.74, 6) is -0.307. The van der Waals surface area contributed by atoms with Crippen molar-refractivity contribution in [3.8, 4) is 22.6 Å². The van der Waals surface area contributed by atoms with E-state index in [0.717, 1.165) is 0 Å². The van der Waals surface area contributed by atoms with E-state index in [1.807, 2.05) is 0 Å². The Morgan fingerprint density at radius 3 is 2.34 bits per heavy atom. The van der Waals surface area contributed by atoms with Crippen LogP contribution in [0.25, 0.3) is 11.1 Å². The van der Waals surface area contributed by atoms with E-state index in [0.29, 0.717) is 16.9 Å². The molecule has 11 heteroatoms. The first kappa shape index (κ1) is 24.6. The van der Waals surface area contributed by atoms with E-state index >= 15 is 0 Å². The zero-order chi connectivity index (χ0) is 25.1. The Balaban J connectivity index is 1.47. The highest BCUT2D eigenvalue weighted by molar-refractivity contribution is 7.89. The predicted octanol–water partition coefficient (Wildman–Crippen LogP) is 4.07. The minimum Gasteiger partial charge on any atom is -0.491 e. The molecule has 1 heterocycles. The molecular formula is C24H21F3N2O5S. The maximum Gasteiger partial charge on any atom is 0.573 e. The fourth-order valence-electron chi connectivity index (χ4n) is 3.60. The molecule has 7 nitrogen and oxygen atoms in total. The van der Waals surface area contributed by atoms with Crippen molar-refractivity contribution in [3.63, 3.8) is 0 Å². The Labute approximate surface area is 200 Å². The van der Waals surface area contributed by atoms with Gasteiger partial charge in [-0.15, -0.1) is 13.2 Å². The fourth-order valence-corrected chi connectivity index (χ4v) is 4.64. The zero-order valence-corrected chi connectivity index (χ0v) is 19.1. The van der Waals surface area contributed by atoms with Crippen molar-refractivity contribution in [1.82, 2.24) is 9.62 Å². The molecule has 1 aliphatic heterocycles. The second-order valence-corrected chi connectivity index (χ2v) is 9.40. The number of halogens is 3. The second kappa shape index (κ2) is 9.96. The van der Waals surface area contributed by atoms with Gasteiger partial charge in [-0.2, -0.15) is 0 Å². The highest BCUT2D eigenvalue weighted by Gasteiger charge is 2.31. The molecule has 35 heavy (non-hydrogen) atoms. The van der Waals surface area contributed by atoms with Crippen LogP contribution in [0.5, 0.6) is 11.5 Å². The van der Waals surface area contributed by atoms with E-state index in [9.17, 15) is 26.4 Å². The minimum absolute atomic E-state index is 0.0126. The van der Waals surface area contributed by atoms with Gasteiger partial charge in [0.1, 0.15) is 18.1 Å². The molecule has 0 aromatic heterocycles. The summed E-state index contributed by atoms with van der Waals surface area (Å²) < 4.78 is 74.1. The Bertz CT molecular complexity index is 1300. The molecule has 4 rings (SSSR count). The lowest BCUT2D eigenvalue weighted by Crippen LogP contribution is -2.39. The SMILES string of the molecule is O=C1c2cc(-c3ccc(OC(F)(F)F)cc3)ccc2OCCN1CCNS(=O)(=O)c1ccccc1. The van der Waals surface area contributed by atoms with Crippen LogP contribution in [-0.4, -0.2) is 51.8 Å². The average Bonchev–Trinajstić information content (AvgIpc) is 2.97. The summed E-state index contributed by atoms with van der Waals surface area (Å²) in [4.78, 5) is 14.8. The number of carbonyl (C=O) groups excluding carboxylic acids is 1. The van der Waals surface area contributed by atoms with Crippen molar-refractivity contribution >= 4 is 15.9 Å². The zero-order valence-electron chi connectivity index (χ0n) is 18.3. The van der Waals surface area contributed by atoms with E-state index < -0.39 is 16.4 Å². The molecule has 0 bridgehead atoms. The van der Waals surface area contributed by atoms with Crippen molar-refractivity contribution in [2.75, 3.05) is 26.2 Å². The van der Waals surface area contributed by atoms with Gasteiger partial charge in [-0.1, -0.05) is 36.4 Å². The van der Waals surface area contributed by atoms with Crippen molar-refractivity contribution in [2.24, 2.45) is 0 Å². The number of nitrogens with one attached hydrogen (secondary N) is 1. The van der Waals surface area contributed by atoms with Gasteiger partial charge in [0.2, 0.25) is 10.0 Å². The van der Waals surface area contributed by atoms with E-state index in [1.54, 1.807) is 36.4 Å². The third kappa shape index (κ3) is 6.11. The van der Waals surface area contributed by atoms with Crippen molar-refractivity contribution in [3.05, 3.63) is 78.4 Å². The van der Waals surface area contributed by atoms with Crippen LogP contribution >= 0.6 is 0 Å². The number of nitrogens with zero attached hydrogens (tertiary/aromatic N) is 1. The lowest BCUT2D eigenvalue weighted by molar-refractivity contribution is -0.274. The topological polar surface area (TPSA) is 84.9 Å². The van der Waals surface area contributed by atoms with Gasteiger partial charge in [0, 0.05) is 13.1 Å². The first-order valence-electron chi connectivity index (χ1n) is 10.6. The number of carbonyl (C=O) groups is 1. The largest absolute Gasteiger partial charge is 0.573 e. The van der Waals surface area contributed by atoms with Crippen LogP contribution in [0.3, 0.4) is 0 Å². The van der Waals surface area contributed by atoms with Crippen LogP contribution < -0.4 is 14.2 Å². The molecule has 0 aliphatic carbocycles. The Morgan fingerprint density at radius 1 is 0.971 bits per heavy atom. The number of benzene rings is 3. The highest BCUT2D eigenvalue weighted by atomic mass is 32.2. The molecule has 0 fully saturated rings. The summed E-state index contributed by atoms with van der Waals surface area (Å²) in [6, 6.07) is 18.2. The van der Waals surface area contributed by atoms with Gasteiger partial charge in [0.25, 0.3) is 5.91 Å². The summed E-state index contributed by atoms with van der Waals surface area (Å²) in [5, 5.41) is 0. The molecular weight excluding hydrogens is 485 g/mol. The van der Waals surface area contributed by atoms with Gasteiger partial charge < -0.3 is 14.4 Å². The van der Waals surface area contributed by atoms with E-state index in [-0.39, 0.29) is 48.4 Å². The molecule has 0 saturated heterocycles. The summed E-state index contributed by atoms with van der Waals surface area (Å²) in [7, 11) is -3.71. The van der Waals surface area contributed by atoms with E-state index in [1.165, 1.54) is 41.3 Å². The van der Waals surface area contributed by atoms with Crippen molar-refractivity contribution < 1.29 is 35.9 Å². The summed E-state index contributed by atoms with van der Waals surface area (Å²) in [6.07, 6.45) is -4.78. The first-order chi connectivity index (χ1) is 16.6. The smallest absolute Gasteiger partial charge is 0.491 e. The van der Waals surface area contributed by atoms with Crippen LogP contribution in [0.15, 0.2) is 77.7 Å². The third-order valence-corrected chi connectivity index (χ3v) is 6.74. The summed E-state index contributed by atoms with van der Waals surface area (Å²) in [5.41, 5.74) is 1.47. The van der Waals surface area contributed by atoms with Gasteiger partial charge >= 0.3 is 6.36 Å². The number of hydrogen-bond donors (Lipinski definition) is 1. The van der Waals surface area contributed by atoms with Crippen LogP contribution in [0.2, 0.25) is 0 Å². The molecule has 0 spiro atoms. The van der Waals surface area contributed by atoms with Crippen LogP contribution in [0.4, 0.5) is 13.2 Å². The number of sulfonamides is 1. The lowest BCUT2D eigenvalue weighted by atomic mass is 10.0. The molecule has 1 aliphatic rings. The lowest BCUT2D eigenvalue weighted by Gasteiger charge is -2.20. The predicted molar refractivity (Wildman–Crippen MR) is 122 cm³/mol. The number of rotatable bonds is 7. The quantitative estimate of drug-likeness (QED) is 0.523. The first-order valence-corrected chi connectivity index (χ1v) is 12.1. The standard InChI is InChI=1S/C24H21F3N2O5S/c25-24(26,27)34-19-9-6-17(7-10-19)18-8-11-22-21(16-18)23(30)29(14-15-33-22)13-12-28-35(31,32)20-4-2-1-3-5-20/h1-11,16,28H,12-15H2. The molecule has 0 saturated carbocycles. The number of ether oxygens (including phenoxy) is 2. The molecule has 184 valence electrons. The fraction of sp³-hybridized carbons (Fsp3) is 0.208. The molecule has 1 N–H and O–H groups in total. The number of fused-ring (bicyclic) bond motifs is 1. The highest BCUT2D eigenvalue weighted by Crippen LogP contribution is 2.31. The molecule has 0 atom stereocenters. The maximum absolute atomic E-state index is 13.2. The van der Waals surface area contributed by atoms with E-state index in [4.69, 9.17) is 4.74 Å². The van der Waals surface area contributed by atoms with Gasteiger partial charge in [-0.05, 0) is 47.5 Å². The second-order valence-electron chi connectivity index (χ2n) is 7.63. The molecule has 3 aromatic rings. The average molecular weight is 507 g/mol. The summed E-state index contributed by atoms with van der Waals surface area (Å²) >= 11 is 0. The molecule has 0 unspecified atom stereocenters. The number of amides is 1. The van der Waals surface area contributed by atoms with Crippen molar-refractivity contribution in [1.29, 1.82) is 0 Å². The van der Waals surface area contributed by atoms with Crippen LogP contribution in [0, 0.1) is 0 Å². The van der Waals surface area contributed by atoms with Crippen molar-refractivity contribution in [2.45, 2.75) is 11.3 Å². The van der Waals surface area contributed by atoms with Crippen LogP contribution in [-0.2, 0) is 10.0 Å². The van der Waals surface area contributed by atoms with E-state index in [2.05, 4.69) is 9.46 Å².